The van der Waals surface area contributed by atoms with Gasteiger partial charge in [-0.15, -0.1) is 0 Å². The highest BCUT2D eigenvalue weighted by molar-refractivity contribution is 5.89. The van der Waals surface area contributed by atoms with Crippen LogP contribution in [-0.4, -0.2) is 22.1 Å². The van der Waals surface area contributed by atoms with Crippen molar-refractivity contribution in [1.29, 1.82) is 0 Å². The van der Waals surface area contributed by atoms with Gasteiger partial charge in [-0.25, -0.2) is 9.78 Å². The average molecular weight is 414 g/mol. The highest BCUT2D eigenvalue weighted by Gasteiger charge is 2.13. The molecule has 4 aromatic rings. The van der Waals surface area contributed by atoms with Gasteiger partial charge in [-0.1, -0.05) is 30.3 Å². The number of fused-ring (bicyclic) bond motifs is 1. The first kappa shape index (κ1) is 20.3. The van der Waals surface area contributed by atoms with Crippen LogP contribution in [0, 0.1) is 6.92 Å². The molecule has 0 aliphatic heterocycles. The van der Waals surface area contributed by atoms with E-state index in [1.165, 1.54) is 4.57 Å². The topological polar surface area (TPSA) is 70.4 Å². The second-order valence-corrected chi connectivity index (χ2v) is 7.02. The molecular weight excluding hydrogens is 392 g/mol. The summed E-state index contributed by atoms with van der Waals surface area (Å²) in [6.45, 7) is 4.26. The van der Waals surface area contributed by atoms with Crippen LogP contribution in [0.15, 0.2) is 77.6 Å². The summed E-state index contributed by atoms with van der Waals surface area (Å²) in [5, 5.41) is 0.464. The fourth-order valence-corrected chi connectivity index (χ4v) is 3.37. The molecule has 31 heavy (non-hydrogen) atoms. The van der Waals surface area contributed by atoms with Gasteiger partial charge < -0.3 is 9.47 Å². The Balaban J connectivity index is 1.67. The Bertz CT molecular complexity index is 1280. The molecule has 0 aliphatic carbocycles. The number of aromatic nitrogens is 2. The summed E-state index contributed by atoms with van der Waals surface area (Å²) in [4.78, 5) is 29.7. The van der Waals surface area contributed by atoms with Crippen LogP contribution >= 0.6 is 0 Å². The van der Waals surface area contributed by atoms with Gasteiger partial charge in [0.05, 0.1) is 28.8 Å². The van der Waals surface area contributed by atoms with Gasteiger partial charge in [-0.05, 0) is 61.9 Å². The molecule has 4 rings (SSSR count). The van der Waals surface area contributed by atoms with Gasteiger partial charge in [0.15, 0.2) is 0 Å². The number of hydrogen-bond acceptors (Lipinski definition) is 5. The van der Waals surface area contributed by atoms with Crippen molar-refractivity contribution < 1.29 is 14.3 Å². The molecule has 0 saturated heterocycles. The van der Waals surface area contributed by atoms with Crippen molar-refractivity contribution in [3.63, 3.8) is 0 Å². The Morgan fingerprint density at radius 2 is 1.74 bits per heavy atom. The third-order valence-electron chi connectivity index (χ3n) is 4.89. The van der Waals surface area contributed by atoms with E-state index in [-0.39, 0.29) is 5.56 Å². The minimum Gasteiger partial charge on any atom is -0.489 e. The summed E-state index contributed by atoms with van der Waals surface area (Å²) >= 11 is 0. The molecule has 0 radical (unpaired) electrons. The maximum absolute atomic E-state index is 13.3. The van der Waals surface area contributed by atoms with Crippen molar-refractivity contribution in [2.75, 3.05) is 6.61 Å². The van der Waals surface area contributed by atoms with E-state index in [2.05, 4.69) is 4.98 Å². The van der Waals surface area contributed by atoms with Crippen LogP contribution in [0.3, 0.4) is 0 Å². The Labute approximate surface area is 179 Å². The van der Waals surface area contributed by atoms with Gasteiger partial charge in [-0.2, -0.15) is 0 Å². The molecule has 6 nitrogen and oxygen atoms in total. The molecule has 0 atom stereocenters. The van der Waals surface area contributed by atoms with Gasteiger partial charge in [0.2, 0.25) is 0 Å². The lowest BCUT2D eigenvalue weighted by Gasteiger charge is -2.12. The van der Waals surface area contributed by atoms with Gasteiger partial charge in [0.25, 0.3) is 5.56 Å². The highest BCUT2D eigenvalue weighted by atomic mass is 16.5. The Morgan fingerprint density at radius 1 is 1.00 bits per heavy atom. The quantitative estimate of drug-likeness (QED) is 0.436. The molecule has 0 spiro atoms. The van der Waals surface area contributed by atoms with Crippen LogP contribution in [-0.2, 0) is 11.3 Å². The van der Waals surface area contributed by atoms with Gasteiger partial charge in [-0.3, -0.25) is 9.36 Å². The monoisotopic (exact) mass is 414 g/mol. The zero-order chi connectivity index (χ0) is 21.8. The van der Waals surface area contributed by atoms with E-state index < -0.39 is 5.97 Å². The van der Waals surface area contributed by atoms with E-state index in [4.69, 9.17) is 9.47 Å². The van der Waals surface area contributed by atoms with Gasteiger partial charge >= 0.3 is 5.97 Å². The maximum atomic E-state index is 13.3. The molecule has 1 aromatic heterocycles. The van der Waals surface area contributed by atoms with Crippen LogP contribution in [0.5, 0.6) is 5.75 Å². The highest BCUT2D eigenvalue weighted by Crippen LogP contribution is 2.20. The fraction of sp³-hybridized carbons (Fsp3) is 0.160. The maximum Gasteiger partial charge on any atom is 0.338 e. The van der Waals surface area contributed by atoms with Crippen LogP contribution in [0.25, 0.3) is 16.6 Å². The number of nitrogens with zero attached hydrogens (tertiary/aromatic N) is 2. The summed E-state index contributed by atoms with van der Waals surface area (Å²) in [6, 6.07) is 21.9. The predicted octanol–water partition coefficient (Wildman–Crippen LogP) is 4.45. The minimum atomic E-state index is -0.394. The first-order valence-corrected chi connectivity index (χ1v) is 10.0. The standard InChI is InChI=1S/C25H22N2O4/c1-3-30-25(29)19-9-11-20(12-10-19)27-17(2)26-23-14-13-21(15-22(23)24(27)28)31-16-18-7-5-4-6-8-18/h4-15H,3,16H2,1-2H3. The lowest BCUT2D eigenvalue weighted by atomic mass is 10.2. The first-order chi connectivity index (χ1) is 15.1. The van der Waals surface area contributed by atoms with E-state index in [1.54, 1.807) is 50.2 Å². The second kappa shape index (κ2) is 8.83. The van der Waals surface area contributed by atoms with Crippen molar-refractivity contribution >= 4 is 16.9 Å². The van der Waals surface area contributed by atoms with Crippen LogP contribution in [0.2, 0.25) is 0 Å². The zero-order valence-electron chi connectivity index (χ0n) is 17.4. The van der Waals surface area contributed by atoms with E-state index in [0.29, 0.717) is 46.9 Å². The molecule has 1 heterocycles. The van der Waals surface area contributed by atoms with Crippen LogP contribution in [0.1, 0.15) is 28.7 Å². The third-order valence-corrected chi connectivity index (χ3v) is 4.89. The Kier molecular flexibility index (Phi) is 5.80. The van der Waals surface area contributed by atoms with Crippen LogP contribution < -0.4 is 10.3 Å². The predicted molar refractivity (Wildman–Crippen MR) is 119 cm³/mol. The summed E-state index contributed by atoms with van der Waals surface area (Å²) in [5.74, 6) is 0.762. The lowest BCUT2D eigenvalue weighted by molar-refractivity contribution is 0.0526. The molecule has 0 bridgehead atoms. The van der Waals surface area contributed by atoms with E-state index in [9.17, 15) is 9.59 Å². The fourth-order valence-electron chi connectivity index (χ4n) is 3.37. The number of ether oxygens (including phenoxy) is 2. The first-order valence-electron chi connectivity index (χ1n) is 10.0. The molecule has 0 amide bonds. The molecule has 156 valence electrons. The average Bonchev–Trinajstić information content (AvgIpc) is 2.79. The number of rotatable bonds is 6. The number of carbonyl (C=O) groups is 1. The zero-order valence-corrected chi connectivity index (χ0v) is 17.4. The summed E-state index contributed by atoms with van der Waals surface area (Å²) in [5.41, 5.74) is 2.51. The molecular formula is C25H22N2O4. The van der Waals surface area contributed by atoms with Crippen LogP contribution in [0.4, 0.5) is 0 Å². The molecule has 6 heteroatoms. The van der Waals surface area contributed by atoms with E-state index in [0.717, 1.165) is 5.56 Å². The third kappa shape index (κ3) is 4.33. The number of hydrogen-bond donors (Lipinski definition) is 0. The minimum absolute atomic E-state index is 0.198. The van der Waals surface area contributed by atoms with Crippen molar-refractivity contribution in [2.24, 2.45) is 0 Å². The number of aryl methyl sites for hydroxylation is 1. The largest absolute Gasteiger partial charge is 0.489 e. The molecule has 0 saturated carbocycles. The van der Waals surface area contributed by atoms with Gasteiger partial charge in [0, 0.05) is 0 Å². The summed E-state index contributed by atoms with van der Waals surface area (Å²) in [7, 11) is 0. The van der Waals surface area contributed by atoms with Crippen molar-refractivity contribution in [3.05, 3.63) is 100 Å². The molecule has 0 N–H and O–H groups in total. The van der Waals surface area contributed by atoms with E-state index in [1.807, 2.05) is 36.4 Å². The molecule has 3 aromatic carbocycles. The molecule has 0 unspecified atom stereocenters. The van der Waals surface area contributed by atoms with Crippen molar-refractivity contribution in [2.45, 2.75) is 20.5 Å². The normalized spacial score (nSPS) is 10.8. The number of benzene rings is 3. The molecule has 0 fully saturated rings. The second-order valence-electron chi connectivity index (χ2n) is 7.02. The Hall–Kier alpha value is -3.93. The van der Waals surface area contributed by atoms with Gasteiger partial charge in [0.1, 0.15) is 18.2 Å². The van der Waals surface area contributed by atoms with E-state index >= 15 is 0 Å². The smallest absolute Gasteiger partial charge is 0.338 e. The number of carbonyl (C=O) groups excluding carboxylic acids is 1. The van der Waals surface area contributed by atoms with Crippen molar-refractivity contribution in [3.8, 4) is 11.4 Å². The van der Waals surface area contributed by atoms with Crippen molar-refractivity contribution in [1.82, 2.24) is 9.55 Å². The molecule has 0 aliphatic rings. The lowest BCUT2D eigenvalue weighted by Crippen LogP contribution is -2.22. The summed E-state index contributed by atoms with van der Waals surface area (Å²) < 4.78 is 12.4. The summed E-state index contributed by atoms with van der Waals surface area (Å²) in [6.07, 6.45) is 0. The Morgan fingerprint density at radius 3 is 2.45 bits per heavy atom. The SMILES string of the molecule is CCOC(=O)c1ccc(-n2c(C)nc3ccc(OCc4ccccc4)cc3c2=O)cc1. The number of esters is 1.